The van der Waals surface area contributed by atoms with E-state index >= 15 is 0 Å². The van der Waals surface area contributed by atoms with Crippen LogP contribution in [0.2, 0.25) is 0 Å². The molecule has 0 unspecified atom stereocenters. The van der Waals surface area contributed by atoms with Crippen molar-refractivity contribution in [2.24, 2.45) is 0 Å². The Kier molecular flexibility index (Phi) is 6.31. The van der Waals surface area contributed by atoms with Gasteiger partial charge in [-0.2, -0.15) is 0 Å². The molecule has 7 nitrogen and oxygen atoms in total. The lowest BCUT2D eigenvalue weighted by Gasteiger charge is -2.19. The fourth-order valence-electron chi connectivity index (χ4n) is 2.34. The molecule has 0 spiro atoms. The van der Waals surface area contributed by atoms with Gasteiger partial charge in [-0.3, -0.25) is 14.5 Å². The number of carbonyl (C=O) groups is 3. The standard InChI is InChI=1S/C18H21NO6S/c1-5-10(2)19-16(20)14(26-18(19)23)9-12-7-6-8-13(24-4)15(12)25-11(3)17(21)22/h6-11H,5H2,1-4H3,(H,21,22)/b14-9+/t10-,11-/m1/s1. The van der Waals surface area contributed by atoms with Crippen LogP contribution in [-0.4, -0.2) is 46.4 Å². The summed E-state index contributed by atoms with van der Waals surface area (Å²) >= 11 is 0.854. The monoisotopic (exact) mass is 379 g/mol. The number of methoxy groups -OCH3 is 1. The summed E-state index contributed by atoms with van der Waals surface area (Å²) in [7, 11) is 1.44. The summed E-state index contributed by atoms with van der Waals surface area (Å²) in [5.41, 5.74) is 0.465. The maximum atomic E-state index is 12.6. The number of hydrogen-bond donors (Lipinski definition) is 1. The van der Waals surface area contributed by atoms with Gasteiger partial charge in [0.2, 0.25) is 0 Å². The van der Waals surface area contributed by atoms with Gasteiger partial charge in [-0.1, -0.05) is 19.1 Å². The summed E-state index contributed by atoms with van der Waals surface area (Å²) in [6.45, 7) is 5.11. The molecule has 1 saturated heterocycles. The highest BCUT2D eigenvalue weighted by molar-refractivity contribution is 8.18. The van der Waals surface area contributed by atoms with Crippen LogP contribution < -0.4 is 9.47 Å². The van der Waals surface area contributed by atoms with Gasteiger partial charge in [-0.25, -0.2) is 4.79 Å². The fourth-order valence-corrected chi connectivity index (χ4v) is 3.27. The zero-order chi connectivity index (χ0) is 19.4. The van der Waals surface area contributed by atoms with Crippen molar-refractivity contribution in [1.29, 1.82) is 0 Å². The number of carbonyl (C=O) groups excluding carboxylic acids is 2. The molecular formula is C18H21NO6S. The number of amides is 2. The topological polar surface area (TPSA) is 93.1 Å². The lowest BCUT2D eigenvalue weighted by atomic mass is 10.1. The number of hydrogen-bond acceptors (Lipinski definition) is 6. The van der Waals surface area contributed by atoms with Crippen LogP contribution in [0.1, 0.15) is 32.8 Å². The van der Waals surface area contributed by atoms with Gasteiger partial charge in [0.15, 0.2) is 17.6 Å². The summed E-state index contributed by atoms with van der Waals surface area (Å²) in [4.78, 5) is 37.3. The van der Waals surface area contributed by atoms with Crippen molar-refractivity contribution in [1.82, 2.24) is 4.90 Å². The van der Waals surface area contributed by atoms with Crippen molar-refractivity contribution >= 4 is 35.0 Å². The van der Waals surface area contributed by atoms with Crippen molar-refractivity contribution in [2.45, 2.75) is 39.3 Å². The maximum absolute atomic E-state index is 12.6. The van der Waals surface area contributed by atoms with Crippen LogP contribution in [-0.2, 0) is 9.59 Å². The molecule has 0 saturated carbocycles. The lowest BCUT2D eigenvalue weighted by molar-refractivity contribution is -0.144. The van der Waals surface area contributed by atoms with E-state index in [1.807, 2.05) is 13.8 Å². The Morgan fingerprint density at radius 1 is 1.35 bits per heavy atom. The number of carboxylic acid groups (broad SMARTS) is 1. The van der Waals surface area contributed by atoms with Crippen molar-refractivity contribution in [3.05, 3.63) is 28.7 Å². The van der Waals surface area contributed by atoms with E-state index in [-0.39, 0.29) is 27.8 Å². The highest BCUT2D eigenvalue weighted by Gasteiger charge is 2.37. The molecule has 140 valence electrons. The first-order valence-corrected chi connectivity index (χ1v) is 8.95. The lowest BCUT2D eigenvalue weighted by Crippen LogP contribution is -2.36. The number of imide groups is 1. The predicted octanol–water partition coefficient (Wildman–Crippen LogP) is 3.38. The minimum Gasteiger partial charge on any atom is -0.493 e. The van der Waals surface area contributed by atoms with Crippen molar-refractivity contribution in [2.75, 3.05) is 7.11 Å². The molecule has 1 aromatic rings. The van der Waals surface area contributed by atoms with Crippen LogP contribution in [0.3, 0.4) is 0 Å². The molecule has 1 aliphatic heterocycles. The van der Waals surface area contributed by atoms with Gasteiger partial charge in [-0.05, 0) is 44.2 Å². The van der Waals surface area contributed by atoms with Crippen LogP contribution in [0.25, 0.3) is 6.08 Å². The Hall–Kier alpha value is -2.48. The Morgan fingerprint density at radius 2 is 2.04 bits per heavy atom. The molecule has 1 aromatic carbocycles. The maximum Gasteiger partial charge on any atom is 0.344 e. The predicted molar refractivity (Wildman–Crippen MR) is 98.3 cm³/mol. The van der Waals surface area contributed by atoms with Crippen LogP contribution in [0.5, 0.6) is 11.5 Å². The normalized spacial score (nSPS) is 18.2. The Labute approximate surface area is 156 Å². The number of ether oxygens (including phenoxy) is 2. The quantitative estimate of drug-likeness (QED) is 0.726. The smallest absolute Gasteiger partial charge is 0.344 e. The molecule has 0 aliphatic carbocycles. The summed E-state index contributed by atoms with van der Waals surface area (Å²) in [6, 6.07) is 4.80. The highest BCUT2D eigenvalue weighted by atomic mass is 32.2. The molecule has 1 fully saturated rings. The molecule has 26 heavy (non-hydrogen) atoms. The molecule has 2 atom stereocenters. The second-order valence-corrected chi connectivity index (χ2v) is 6.78. The molecule has 2 amide bonds. The summed E-state index contributed by atoms with van der Waals surface area (Å²) < 4.78 is 10.7. The molecule has 1 aliphatic rings. The van der Waals surface area contributed by atoms with Gasteiger partial charge in [0, 0.05) is 11.6 Å². The largest absolute Gasteiger partial charge is 0.493 e. The molecule has 1 heterocycles. The highest BCUT2D eigenvalue weighted by Crippen LogP contribution is 2.38. The molecule has 0 bridgehead atoms. The zero-order valence-electron chi connectivity index (χ0n) is 15.0. The van der Waals surface area contributed by atoms with E-state index in [2.05, 4.69) is 0 Å². The number of rotatable bonds is 7. The average molecular weight is 379 g/mol. The first-order valence-electron chi connectivity index (χ1n) is 8.13. The van der Waals surface area contributed by atoms with E-state index in [0.717, 1.165) is 11.8 Å². The first kappa shape index (κ1) is 19.8. The van der Waals surface area contributed by atoms with Crippen LogP contribution in [0.15, 0.2) is 23.1 Å². The van der Waals surface area contributed by atoms with Gasteiger partial charge < -0.3 is 14.6 Å². The number of benzene rings is 1. The van der Waals surface area contributed by atoms with Gasteiger partial charge in [0.05, 0.1) is 12.0 Å². The van der Waals surface area contributed by atoms with E-state index in [9.17, 15) is 14.4 Å². The molecule has 2 rings (SSSR count). The number of aliphatic carboxylic acids is 1. The molecule has 1 N–H and O–H groups in total. The number of thioether (sulfide) groups is 1. The number of carboxylic acids is 1. The van der Waals surface area contributed by atoms with E-state index in [0.29, 0.717) is 17.7 Å². The van der Waals surface area contributed by atoms with Crippen molar-refractivity contribution in [3.63, 3.8) is 0 Å². The van der Waals surface area contributed by atoms with Crippen LogP contribution in [0, 0.1) is 0 Å². The zero-order valence-corrected chi connectivity index (χ0v) is 15.8. The van der Waals surface area contributed by atoms with Gasteiger partial charge in [0.25, 0.3) is 11.1 Å². The fraction of sp³-hybridized carbons (Fsp3) is 0.389. The third kappa shape index (κ3) is 4.01. The van der Waals surface area contributed by atoms with Gasteiger partial charge in [-0.15, -0.1) is 0 Å². The Balaban J connectivity index is 2.43. The summed E-state index contributed by atoms with van der Waals surface area (Å²) in [5, 5.41) is 8.77. The Morgan fingerprint density at radius 3 is 2.62 bits per heavy atom. The minimum atomic E-state index is -1.13. The summed E-state index contributed by atoms with van der Waals surface area (Å²) in [5.74, 6) is -0.943. The van der Waals surface area contributed by atoms with E-state index < -0.39 is 12.1 Å². The van der Waals surface area contributed by atoms with Crippen LogP contribution >= 0.6 is 11.8 Å². The second-order valence-electron chi connectivity index (χ2n) is 5.79. The van der Waals surface area contributed by atoms with Gasteiger partial charge >= 0.3 is 5.97 Å². The number of nitrogens with zero attached hydrogens (tertiary/aromatic N) is 1. The number of para-hydroxylation sites is 1. The van der Waals surface area contributed by atoms with Crippen molar-refractivity contribution < 1.29 is 29.0 Å². The van der Waals surface area contributed by atoms with Gasteiger partial charge in [0.1, 0.15) is 0 Å². The third-order valence-corrected chi connectivity index (χ3v) is 4.90. The molecule has 0 aromatic heterocycles. The molecule has 0 radical (unpaired) electrons. The summed E-state index contributed by atoms with van der Waals surface area (Å²) in [6.07, 6.45) is 1.09. The molecule has 8 heteroatoms. The SMILES string of the molecule is CC[C@@H](C)N1C(=O)S/C(=C/c2cccc(OC)c2O[C@H](C)C(=O)O)C1=O. The van der Waals surface area contributed by atoms with E-state index in [4.69, 9.17) is 14.6 Å². The Bertz CT molecular complexity index is 760. The second kappa shape index (κ2) is 8.27. The average Bonchev–Trinajstić information content (AvgIpc) is 2.89. The van der Waals surface area contributed by atoms with Crippen molar-refractivity contribution in [3.8, 4) is 11.5 Å². The van der Waals surface area contributed by atoms with E-state index in [1.54, 1.807) is 18.2 Å². The first-order chi connectivity index (χ1) is 12.3. The van der Waals surface area contributed by atoms with E-state index in [1.165, 1.54) is 25.0 Å². The molecular weight excluding hydrogens is 358 g/mol. The van der Waals surface area contributed by atoms with Crippen LogP contribution in [0.4, 0.5) is 4.79 Å². The third-order valence-electron chi connectivity index (χ3n) is 4.01. The minimum absolute atomic E-state index is 0.193.